The molecule has 0 fully saturated rings. The SMILES string of the molecule is O=C(Nc1ccc(O)cc1F)c1cc2c(ccc3ccccc32)[nH]1. The average Bonchev–Trinajstić information content (AvgIpc) is 3.02. The topological polar surface area (TPSA) is 65.1 Å². The number of hydrogen-bond acceptors (Lipinski definition) is 2. The maximum atomic E-state index is 13.8. The van der Waals surface area contributed by atoms with Gasteiger partial charge in [-0.15, -0.1) is 0 Å². The zero-order valence-electron chi connectivity index (χ0n) is 12.5. The molecule has 1 amide bonds. The van der Waals surface area contributed by atoms with E-state index in [9.17, 15) is 14.3 Å². The summed E-state index contributed by atoms with van der Waals surface area (Å²) in [5, 5.41) is 14.8. The molecule has 1 aromatic heterocycles. The van der Waals surface area contributed by atoms with Crippen LogP contribution in [0, 0.1) is 5.82 Å². The van der Waals surface area contributed by atoms with Crippen LogP contribution in [-0.2, 0) is 0 Å². The van der Waals surface area contributed by atoms with E-state index in [0.717, 1.165) is 27.7 Å². The first-order valence-electron chi connectivity index (χ1n) is 7.42. The number of halogens is 1. The minimum Gasteiger partial charge on any atom is -0.508 e. The lowest BCUT2D eigenvalue weighted by atomic mass is 10.1. The molecule has 0 radical (unpaired) electrons. The van der Waals surface area contributed by atoms with Gasteiger partial charge in [-0.1, -0.05) is 30.3 Å². The predicted molar refractivity (Wildman–Crippen MR) is 91.8 cm³/mol. The van der Waals surface area contributed by atoms with Gasteiger partial charge >= 0.3 is 0 Å². The molecule has 4 rings (SSSR count). The molecule has 0 unspecified atom stereocenters. The molecule has 0 bridgehead atoms. The van der Waals surface area contributed by atoms with E-state index in [1.165, 1.54) is 12.1 Å². The van der Waals surface area contributed by atoms with Gasteiger partial charge in [0.25, 0.3) is 5.91 Å². The third-order valence-electron chi connectivity index (χ3n) is 3.97. The summed E-state index contributed by atoms with van der Waals surface area (Å²) >= 11 is 0. The number of aromatic amines is 1. The lowest BCUT2D eigenvalue weighted by molar-refractivity contribution is 0.102. The lowest BCUT2D eigenvalue weighted by Crippen LogP contribution is -2.13. The summed E-state index contributed by atoms with van der Waals surface area (Å²) in [5.74, 6) is -1.33. The minimum atomic E-state index is -0.690. The van der Waals surface area contributed by atoms with Gasteiger partial charge in [0, 0.05) is 17.0 Å². The molecule has 0 spiro atoms. The van der Waals surface area contributed by atoms with E-state index in [0.29, 0.717) is 5.69 Å². The van der Waals surface area contributed by atoms with Crippen molar-refractivity contribution in [2.24, 2.45) is 0 Å². The van der Waals surface area contributed by atoms with Crippen molar-refractivity contribution in [1.82, 2.24) is 4.98 Å². The molecule has 0 aliphatic rings. The molecule has 0 aliphatic carbocycles. The number of anilines is 1. The molecule has 3 aromatic carbocycles. The number of carbonyl (C=O) groups excluding carboxylic acids is 1. The summed E-state index contributed by atoms with van der Waals surface area (Å²) in [6.45, 7) is 0. The Labute approximate surface area is 136 Å². The highest BCUT2D eigenvalue weighted by Crippen LogP contribution is 2.26. The number of fused-ring (bicyclic) bond motifs is 3. The van der Waals surface area contributed by atoms with Crippen molar-refractivity contribution in [3.8, 4) is 5.75 Å². The van der Waals surface area contributed by atoms with Gasteiger partial charge in [0.15, 0.2) is 0 Å². The number of hydrogen-bond donors (Lipinski definition) is 3. The molecule has 1 heterocycles. The first-order valence-corrected chi connectivity index (χ1v) is 7.42. The maximum Gasteiger partial charge on any atom is 0.272 e. The Morgan fingerprint density at radius 2 is 1.83 bits per heavy atom. The van der Waals surface area contributed by atoms with Crippen LogP contribution in [-0.4, -0.2) is 16.0 Å². The van der Waals surface area contributed by atoms with Crippen LogP contribution >= 0.6 is 0 Å². The van der Waals surface area contributed by atoms with Crippen molar-refractivity contribution in [3.05, 3.63) is 72.2 Å². The number of nitrogens with one attached hydrogen (secondary N) is 2. The second-order valence-corrected chi connectivity index (χ2v) is 5.55. The first kappa shape index (κ1) is 14.3. The molecule has 0 saturated carbocycles. The first-order chi connectivity index (χ1) is 11.6. The summed E-state index contributed by atoms with van der Waals surface area (Å²) in [6.07, 6.45) is 0. The summed E-state index contributed by atoms with van der Waals surface area (Å²) in [4.78, 5) is 15.4. The molecule has 0 atom stereocenters. The van der Waals surface area contributed by atoms with E-state index in [2.05, 4.69) is 10.3 Å². The Balaban J connectivity index is 1.73. The van der Waals surface area contributed by atoms with E-state index in [1.807, 2.05) is 36.4 Å². The van der Waals surface area contributed by atoms with Crippen molar-refractivity contribution in [2.75, 3.05) is 5.32 Å². The Kier molecular flexibility index (Phi) is 3.20. The number of amides is 1. The van der Waals surface area contributed by atoms with E-state index < -0.39 is 11.7 Å². The predicted octanol–water partition coefficient (Wildman–Crippen LogP) is 4.42. The van der Waals surface area contributed by atoms with Crippen molar-refractivity contribution in [3.63, 3.8) is 0 Å². The van der Waals surface area contributed by atoms with Gasteiger partial charge in [-0.25, -0.2) is 4.39 Å². The summed E-state index contributed by atoms with van der Waals surface area (Å²) < 4.78 is 13.8. The van der Waals surface area contributed by atoms with Crippen molar-refractivity contribution < 1.29 is 14.3 Å². The minimum absolute atomic E-state index is 0.0151. The number of carbonyl (C=O) groups is 1. The van der Waals surface area contributed by atoms with Gasteiger partial charge in [0.1, 0.15) is 17.3 Å². The van der Waals surface area contributed by atoms with Crippen LogP contribution in [0.25, 0.3) is 21.7 Å². The van der Waals surface area contributed by atoms with E-state index in [1.54, 1.807) is 6.07 Å². The van der Waals surface area contributed by atoms with Crippen molar-refractivity contribution in [2.45, 2.75) is 0 Å². The van der Waals surface area contributed by atoms with Gasteiger partial charge in [-0.05, 0) is 35.0 Å². The molecule has 0 aliphatic heterocycles. The molecule has 4 nitrogen and oxygen atoms in total. The van der Waals surface area contributed by atoms with Crippen LogP contribution in [0.15, 0.2) is 60.7 Å². The number of aromatic nitrogens is 1. The highest BCUT2D eigenvalue weighted by molar-refractivity contribution is 6.12. The largest absolute Gasteiger partial charge is 0.508 e. The Bertz CT molecular complexity index is 1090. The number of phenolic OH excluding ortho intramolecular Hbond substituents is 1. The fourth-order valence-electron chi connectivity index (χ4n) is 2.80. The number of rotatable bonds is 2. The summed E-state index contributed by atoms with van der Waals surface area (Å²) in [5.41, 5.74) is 1.19. The second kappa shape index (κ2) is 5.38. The number of benzene rings is 3. The zero-order chi connectivity index (χ0) is 16.7. The maximum absolute atomic E-state index is 13.8. The van der Waals surface area contributed by atoms with Crippen LogP contribution in [0.2, 0.25) is 0 Å². The van der Waals surface area contributed by atoms with E-state index in [-0.39, 0.29) is 11.4 Å². The standard InChI is InChI=1S/C19H13FN2O2/c20-15-9-12(23)6-8-17(15)22-19(24)18-10-14-13-4-2-1-3-11(13)5-7-16(14)21-18/h1-10,21,23H,(H,22,24). The number of aromatic hydroxyl groups is 1. The molecule has 0 saturated heterocycles. The molecule has 3 N–H and O–H groups in total. The van der Waals surface area contributed by atoms with Gasteiger partial charge < -0.3 is 15.4 Å². The molecular formula is C19H13FN2O2. The number of phenols is 1. The van der Waals surface area contributed by atoms with Gasteiger partial charge in [0.05, 0.1) is 5.69 Å². The van der Waals surface area contributed by atoms with Crippen LogP contribution in [0.1, 0.15) is 10.5 Å². The highest BCUT2D eigenvalue weighted by Gasteiger charge is 2.13. The van der Waals surface area contributed by atoms with Crippen molar-refractivity contribution in [1.29, 1.82) is 0 Å². The molecule has 118 valence electrons. The van der Waals surface area contributed by atoms with Crippen LogP contribution in [0.3, 0.4) is 0 Å². The van der Waals surface area contributed by atoms with Gasteiger partial charge in [0.2, 0.25) is 0 Å². The number of H-pyrrole nitrogens is 1. The Morgan fingerprint density at radius 3 is 2.67 bits per heavy atom. The summed E-state index contributed by atoms with van der Waals surface area (Å²) in [6, 6.07) is 17.1. The highest BCUT2D eigenvalue weighted by atomic mass is 19.1. The Morgan fingerprint density at radius 1 is 1.00 bits per heavy atom. The van der Waals surface area contributed by atoms with Crippen LogP contribution < -0.4 is 5.32 Å². The smallest absolute Gasteiger partial charge is 0.272 e. The summed E-state index contributed by atoms with van der Waals surface area (Å²) in [7, 11) is 0. The quantitative estimate of drug-likeness (QED) is 0.479. The van der Waals surface area contributed by atoms with Crippen LogP contribution in [0.5, 0.6) is 5.75 Å². The van der Waals surface area contributed by atoms with Gasteiger partial charge in [-0.3, -0.25) is 4.79 Å². The zero-order valence-corrected chi connectivity index (χ0v) is 12.5. The lowest BCUT2D eigenvalue weighted by Gasteiger charge is -2.05. The fourth-order valence-corrected chi connectivity index (χ4v) is 2.80. The Hall–Kier alpha value is -3.34. The van der Waals surface area contributed by atoms with Gasteiger partial charge in [-0.2, -0.15) is 0 Å². The molecule has 4 aromatic rings. The average molecular weight is 320 g/mol. The second-order valence-electron chi connectivity index (χ2n) is 5.55. The van der Waals surface area contributed by atoms with Crippen LogP contribution in [0.4, 0.5) is 10.1 Å². The monoisotopic (exact) mass is 320 g/mol. The third-order valence-corrected chi connectivity index (χ3v) is 3.97. The fraction of sp³-hybridized carbons (Fsp3) is 0. The molecule has 24 heavy (non-hydrogen) atoms. The third kappa shape index (κ3) is 2.36. The van der Waals surface area contributed by atoms with Crippen molar-refractivity contribution >= 4 is 33.3 Å². The van der Waals surface area contributed by atoms with E-state index in [4.69, 9.17) is 0 Å². The molecular weight excluding hydrogens is 307 g/mol. The van der Waals surface area contributed by atoms with E-state index >= 15 is 0 Å². The molecule has 5 heteroatoms. The normalized spacial score (nSPS) is 11.0.